The van der Waals surface area contributed by atoms with Crippen molar-refractivity contribution < 1.29 is 13.2 Å². The first-order chi connectivity index (χ1) is 14.7. The molecule has 0 bridgehead atoms. The van der Waals surface area contributed by atoms with Crippen LogP contribution in [0.25, 0.3) is 0 Å². The van der Waals surface area contributed by atoms with Gasteiger partial charge in [-0.2, -0.15) is 0 Å². The zero-order valence-corrected chi connectivity index (χ0v) is 19.5. The number of amides is 1. The number of rotatable bonds is 8. The van der Waals surface area contributed by atoms with E-state index in [2.05, 4.69) is 29.3 Å². The first-order valence-corrected chi connectivity index (χ1v) is 12.7. The molecule has 0 unspecified atom stereocenters. The summed E-state index contributed by atoms with van der Waals surface area (Å²) in [5.74, 6) is 0.492. The number of sulfonamides is 1. The molecule has 0 aromatic heterocycles. The summed E-state index contributed by atoms with van der Waals surface area (Å²) >= 11 is 0. The van der Waals surface area contributed by atoms with Gasteiger partial charge in [0.1, 0.15) is 6.54 Å². The zero-order valence-electron chi connectivity index (χ0n) is 18.7. The molecule has 1 saturated heterocycles. The van der Waals surface area contributed by atoms with Crippen LogP contribution < -0.4 is 9.62 Å². The van der Waals surface area contributed by atoms with Gasteiger partial charge in [0, 0.05) is 13.1 Å². The van der Waals surface area contributed by atoms with Crippen molar-refractivity contribution in [2.75, 3.05) is 30.2 Å². The van der Waals surface area contributed by atoms with Crippen LogP contribution in [0.1, 0.15) is 36.5 Å². The molecule has 7 heteroatoms. The van der Waals surface area contributed by atoms with E-state index >= 15 is 0 Å². The molecule has 2 aromatic carbocycles. The second-order valence-corrected chi connectivity index (χ2v) is 10.5. The van der Waals surface area contributed by atoms with E-state index in [1.807, 2.05) is 31.2 Å². The minimum atomic E-state index is -3.57. The summed E-state index contributed by atoms with van der Waals surface area (Å²) in [6.45, 7) is 7.53. The van der Waals surface area contributed by atoms with Crippen molar-refractivity contribution in [1.82, 2.24) is 10.2 Å². The molecule has 168 valence electrons. The number of nitrogens with one attached hydrogen (secondary N) is 1. The van der Waals surface area contributed by atoms with Crippen molar-refractivity contribution in [2.24, 2.45) is 5.92 Å². The first-order valence-electron chi connectivity index (χ1n) is 10.8. The van der Waals surface area contributed by atoms with E-state index in [4.69, 9.17) is 0 Å². The normalized spacial score (nSPS) is 15.6. The fraction of sp³-hybridized carbons (Fsp3) is 0.458. The molecule has 6 nitrogen and oxygen atoms in total. The second-order valence-electron chi connectivity index (χ2n) is 8.61. The maximum atomic E-state index is 12.5. The minimum absolute atomic E-state index is 0.241. The minimum Gasteiger partial charge on any atom is -0.350 e. The van der Waals surface area contributed by atoms with Gasteiger partial charge in [0.05, 0.1) is 11.9 Å². The molecule has 2 aromatic rings. The Balaban J connectivity index is 1.54. The summed E-state index contributed by atoms with van der Waals surface area (Å²) < 4.78 is 25.7. The first kappa shape index (κ1) is 23.3. The highest BCUT2D eigenvalue weighted by atomic mass is 32.2. The Hall–Kier alpha value is -2.38. The lowest BCUT2D eigenvalue weighted by Gasteiger charge is -2.30. The lowest BCUT2D eigenvalue weighted by atomic mass is 9.99. The number of likely N-dealkylation sites (tertiary alicyclic amines) is 1. The Morgan fingerprint density at radius 1 is 1.06 bits per heavy atom. The molecule has 1 amide bonds. The predicted molar refractivity (Wildman–Crippen MR) is 125 cm³/mol. The molecule has 1 heterocycles. The molecule has 0 saturated carbocycles. The molecule has 0 spiro atoms. The molecule has 31 heavy (non-hydrogen) atoms. The van der Waals surface area contributed by atoms with E-state index in [0.29, 0.717) is 12.2 Å². The van der Waals surface area contributed by atoms with Gasteiger partial charge < -0.3 is 5.32 Å². The molecule has 0 radical (unpaired) electrons. The van der Waals surface area contributed by atoms with Crippen LogP contribution in [-0.4, -0.2) is 45.1 Å². The van der Waals surface area contributed by atoms with Gasteiger partial charge >= 0.3 is 0 Å². The van der Waals surface area contributed by atoms with Gasteiger partial charge in [0.2, 0.25) is 15.9 Å². The van der Waals surface area contributed by atoms with E-state index in [0.717, 1.165) is 47.2 Å². The van der Waals surface area contributed by atoms with Gasteiger partial charge in [0.25, 0.3) is 0 Å². The molecular weight excluding hydrogens is 410 g/mol. The van der Waals surface area contributed by atoms with Gasteiger partial charge in [-0.05, 0) is 61.5 Å². The lowest BCUT2D eigenvalue weighted by Crippen LogP contribution is -2.40. The molecule has 3 rings (SSSR count). The Labute approximate surface area is 186 Å². The van der Waals surface area contributed by atoms with Gasteiger partial charge in [-0.15, -0.1) is 0 Å². The number of hydrogen-bond acceptors (Lipinski definition) is 4. The SMILES string of the molecule is Cc1ccccc1N(CC(=O)NCc1ccc(CN2CCC(C)CC2)cc1)S(C)(=O)=O. The predicted octanol–water partition coefficient (Wildman–Crippen LogP) is 3.31. The van der Waals surface area contributed by atoms with E-state index in [1.165, 1.54) is 18.4 Å². The van der Waals surface area contributed by atoms with Gasteiger partial charge in [-0.3, -0.25) is 14.0 Å². The monoisotopic (exact) mass is 443 g/mol. The van der Waals surface area contributed by atoms with Crippen molar-refractivity contribution in [3.05, 3.63) is 65.2 Å². The van der Waals surface area contributed by atoms with E-state index in [9.17, 15) is 13.2 Å². The smallest absolute Gasteiger partial charge is 0.241 e. The Morgan fingerprint density at radius 3 is 2.29 bits per heavy atom. The summed E-state index contributed by atoms with van der Waals surface area (Å²) in [5.41, 5.74) is 3.59. The van der Waals surface area contributed by atoms with Crippen LogP contribution in [0.2, 0.25) is 0 Å². The summed E-state index contributed by atoms with van der Waals surface area (Å²) in [7, 11) is -3.57. The fourth-order valence-corrected chi connectivity index (χ4v) is 4.77. The van der Waals surface area contributed by atoms with Crippen molar-refractivity contribution >= 4 is 21.6 Å². The van der Waals surface area contributed by atoms with Crippen LogP contribution in [0.3, 0.4) is 0 Å². The third-order valence-electron chi connectivity index (χ3n) is 5.87. The number of hydrogen-bond donors (Lipinski definition) is 1. The number of nitrogens with zero attached hydrogens (tertiary/aromatic N) is 2. The number of carbonyl (C=O) groups excluding carboxylic acids is 1. The second kappa shape index (κ2) is 10.3. The molecule has 1 N–H and O–H groups in total. The Bertz CT molecular complexity index is 981. The van der Waals surface area contributed by atoms with Crippen molar-refractivity contribution in [1.29, 1.82) is 0 Å². The fourth-order valence-electron chi connectivity index (χ4n) is 3.85. The summed E-state index contributed by atoms with van der Waals surface area (Å²) in [6.07, 6.45) is 3.64. The van der Waals surface area contributed by atoms with Crippen molar-refractivity contribution in [3.63, 3.8) is 0 Å². The highest BCUT2D eigenvalue weighted by molar-refractivity contribution is 7.92. The highest BCUT2D eigenvalue weighted by Gasteiger charge is 2.22. The number of carbonyl (C=O) groups is 1. The van der Waals surface area contributed by atoms with Crippen molar-refractivity contribution in [2.45, 2.75) is 39.8 Å². The number of piperidine rings is 1. The molecule has 0 aliphatic carbocycles. The van der Waals surface area contributed by atoms with Crippen molar-refractivity contribution in [3.8, 4) is 0 Å². The largest absolute Gasteiger partial charge is 0.350 e. The quantitative estimate of drug-likeness (QED) is 0.680. The number of benzene rings is 2. The summed E-state index contributed by atoms with van der Waals surface area (Å²) in [6, 6.07) is 15.4. The highest BCUT2D eigenvalue weighted by Crippen LogP contribution is 2.22. The van der Waals surface area contributed by atoms with Gasteiger partial charge in [-0.25, -0.2) is 8.42 Å². The Kier molecular flexibility index (Phi) is 7.73. The Morgan fingerprint density at radius 2 is 1.68 bits per heavy atom. The molecule has 1 fully saturated rings. The summed E-state index contributed by atoms with van der Waals surface area (Å²) in [4.78, 5) is 15.0. The third-order valence-corrected chi connectivity index (χ3v) is 6.99. The number of anilines is 1. The van der Waals surface area contributed by atoms with E-state index < -0.39 is 10.0 Å². The third kappa shape index (κ3) is 6.80. The summed E-state index contributed by atoms with van der Waals surface area (Å²) in [5, 5.41) is 2.84. The van der Waals surface area contributed by atoms with E-state index in [-0.39, 0.29) is 12.5 Å². The zero-order chi connectivity index (χ0) is 22.4. The maximum absolute atomic E-state index is 12.5. The number of para-hydroxylation sites is 1. The van der Waals surface area contributed by atoms with E-state index in [1.54, 1.807) is 12.1 Å². The van der Waals surface area contributed by atoms with Crippen LogP contribution in [0.15, 0.2) is 48.5 Å². The molecule has 1 aliphatic heterocycles. The van der Waals surface area contributed by atoms with Crippen LogP contribution in [0, 0.1) is 12.8 Å². The average molecular weight is 444 g/mol. The van der Waals surface area contributed by atoms with Crippen LogP contribution in [-0.2, 0) is 27.9 Å². The van der Waals surface area contributed by atoms with Crippen LogP contribution >= 0.6 is 0 Å². The van der Waals surface area contributed by atoms with Gasteiger partial charge in [-0.1, -0.05) is 49.4 Å². The lowest BCUT2D eigenvalue weighted by molar-refractivity contribution is -0.119. The maximum Gasteiger partial charge on any atom is 0.241 e. The number of aryl methyl sites for hydroxylation is 1. The standard InChI is InChI=1S/C24H33N3O3S/c1-19-12-14-26(15-13-19)17-22-10-8-21(9-11-22)16-25-24(28)18-27(31(3,29)30)23-7-5-4-6-20(23)2/h4-11,19H,12-18H2,1-3H3,(H,25,28). The average Bonchev–Trinajstić information content (AvgIpc) is 2.73. The molecule has 0 atom stereocenters. The molecule has 1 aliphatic rings. The van der Waals surface area contributed by atoms with Crippen LogP contribution in [0.4, 0.5) is 5.69 Å². The van der Waals surface area contributed by atoms with Gasteiger partial charge in [0.15, 0.2) is 0 Å². The molecular formula is C24H33N3O3S. The van der Waals surface area contributed by atoms with Crippen LogP contribution in [0.5, 0.6) is 0 Å². The topological polar surface area (TPSA) is 69.7 Å².